The largest absolute Gasteiger partial charge is 0.508 e. The van der Waals surface area contributed by atoms with E-state index in [9.17, 15) is 9.67 Å². The highest BCUT2D eigenvalue weighted by molar-refractivity contribution is 8.05. The lowest BCUT2D eigenvalue weighted by molar-refractivity contribution is 0.224. The molecule has 0 aliphatic heterocycles. The average Bonchev–Trinajstić information content (AvgIpc) is 2.61. The molecule has 1 aromatic carbocycles. The summed E-state index contributed by atoms with van der Waals surface area (Å²) in [6.07, 6.45) is 2.58. The maximum atomic E-state index is 12.8. The fraction of sp³-hybridized carbons (Fsp3) is 0.684. The van der Waals surface area contributed by atoms with Crippen LogP contribution in [0.2, 0.25) is 0 Å². The predicted molar refractivity (Wildman–Crippen MR) is 109 cm³/mol. The molecule has 0 aromatic heterocycles. The minimum absolute atomic E-state index is 0.0893. The summed E-state index contributed by atoms with van der Waals surface area (Å²) in [5.74, 6) is 0.283. The fourth-order valence-corrected chi connectivity index (χ4v) is 7.76. The van der Waals surface area contributed by atoms with Crippen LogP contribution in [0.3, 0.4) is 0 Å². The second-order valence-electron chi connectivity index (χ2n) is 6.72. The Balaban J connectivity index is 2.29. The minimum Gasteiger partial charge on any atom is -0.508 e. The fourth-order valence-electron chi connectivity index (χ4n) is 4.04. The van der Waals surface area contributed by atoms with Crippen LogP contribution in [0.15, 0.2) is 18.2 Å². The van der Waals surface area contributed by atoms with Gasteiger partial charge in [0.25, 0.3) is 0 Å². The number of aromatic hydroxyl groups is 1. The Labute approximate surface area is 161 Å². The molecule has 0 bridgehead atoms. The number of nitrogens with two attached hydrogens (primary N) is 1. The van der Waals surface area contributed by atoms with E-state index >= 15 is 0 Å². The Kier molecular flexibility index (Phi) is 7.63. The van der Waals surface area contributed by atoms with Crippen molar-refractivity contribution in [3.8, 4) is 5.75 Å². The van der Waals surface area contributed by atoms with Crippen LogP contribution in [0, 0.1) is 0 Å². The quantitative estimate of drug-likeness (QED) is 0.586. The van der Waals surface area contributed by atoms with Gasteiger partial charge < -0.3 is 19.9 Å². The Hall–Kier alpha value is -0.520. The van der Waals surface area contributed by atoms with E-state index in [0.717, 1.165) is 24.8 Å². The van der Waals surface area contributed by atoms with Crippen molar-refractivity contribution in [2.24, 2.45) is 5.73 Å². The van der Waals surface area contributed by atoms with Crippen LogP contribution in [0.25, 0.3) is 0 Å². The van der Waals surface area contributed by atoms with Crippen molar-refractivity contribution < 1.29 is 18.7 Å². The van der Waals surface area contributed by atoms with E-state index in [2.05, 4.69) is 13.8 Å². The van der Waals surface area contributed by atoms with Gasteiger partial charge >= 0.3 is 7.60 Å². The summed E-state index contributed by atoms with van der Waals surface area (Å²) in [7, 11) is -3.10. The number of hydrogen-bond donors (Lipinski definition) is 2. The molecule has 1 aromatic rings. The van der Waals surface area contributed by atoms with Crippen LogP contribution < -0.4 is 5.73 Å². The van der Waals surface area contributed by atoms with Crippen LogP contribution in [0.5, 0.6) is 5.75 Å². The molecule has 1 aliphatic rings. The van der Waals surface area contributed by atoms with Crippen molar-refractivity contribution in [2.45, 2.75) is 63.7 Å². The standard InChI is InChI=1S/C19H32NO4PS/c1-5-19(6-2)16-12-15(21)10-9-14(16)11-17(18(19)20)26-13-25(22,23-7-3)24-8-4/h9-10,12,17-18,21H,5-8,11,13,20H2,1-4H3. The molecular weight excluding hydrogens is 369 g/mol. The number of benzene rings is 1. The zero-order chi connectivity index (χ0) is 19.4. The van der Waals surface area contributed by atoms with Crippen molar-refractivity contribution in [1.29, 1.82) is 0 Å². The Morgan fingerprint density at radius 1 is 1.23 bits per heavy atom. The lowest BCUT2D eigenvalue weighted by Gasteiger charge is -2.47. The van der Waals surface area contributed by atoms with E-state index in [1.807, 2.05) is 26.0 Å². The van der Waals surface area contributed by atoms with Gasteiger partial charge in [0.05, 0.1) is 18.7 Å². The molecule has 0 amide bonds. The van der Waals surface area contributed by atoms with E-state index in [1.54, 1.807) is 17.8 Å². The molecule has 148 valence electrons. The minimum atomic E-state index is -3.10. The summed E-state index contributed by atoms with van der Waals surface area (Å²) < 4.78 is 23.7. The number of phenols is 1. The zero-order valence-electron chi connectivity index (χ0n) is 16.2. The van der Waals surface area contributed by atoms with Crippen LogP contribution in [-0.2, 0) is 25.4 Å². The zero-order valence-corrected chi connectivity index (χ0v) is 17.9. The monoisotopic (exact) mass is 401 g/mol. The van der Waals surface area contributed by atoms with Crippen molar-refractivity contribution in [2.75, 3.05) is 18.7 Å². The van der Waals surface area contributed by atoms with Gasteiger partial charge in [-0.1, -0.05) is 19.9 Å². The molecule has 0 heterocycles. The van der Waals surface area contributed by atoms with E-state index in [1.165, 1.54) is 5.56 Å². The Bertz CT molecular complexity index is 640. The lowest BCUT2D eigenvalue weighted by Crippen LogP contribution is -2.55. The molecule has 2 unspecified atom stereocenters. The molecule has 0 fully saturated rings. The molecule has 0 spiro atoms. The van der Waals surface area contributed by atoms with Crippen LogP contribution in [-0.4, -0.2) is 35.1 Å². The van der Waals surface area contributed by atoms with Gasteiger partial charge in [-0.15, -0.1) is 11.8 Å². The van der Waals surface area contributed by atoms with Crippen LogP contribution >= 0.6 is 19.4 Å². The van der Waals surface area contributed by atoms with Crippen molar-refractivity contribution in [3.63, 3.8) is 0 Å². The smallest absolute Gasteiger partial charge is 0.340 e. The maximum Gasteiger partial charge on any atom is 0.340 e. The molecule has 5 nitrogen and oxygen atoms in total. The molecule has 2 rings (SSSR count). The lowest BCUT2D eigenvalue weighted by atomic mass is 9.63. The van der Waals surface area contributed by atoms with Gasteiger partial charge in [0.1, 0.15) is 5.75 Å². The van der Waals surface area contributed by atoms with E-state index in [4.69, 9.17) is 14.8 Å². The number of hydrogen-bond acceptors (Lipinski definition) is 6. The molecule has 0 saturated heterocycles. The third-order valence-corrected chi connectivity index (χ3v) is 9.50. The first kappa shape index (κ1) is 21.8. The van der Waals surface area contributed by atoms with Gasteiger partial charge in [0, 0.05) is 16.7 Å². The van der Waals surface area contributed by atoms with Gasteiger partial charge in [-0.05, 0) is 56.4 Å². The molecule has 0 radical (unpaired) electrons. The van der Waals surface area contributed by atoms with Gasteiger partial charge in [-0.3, -0.25) is 4.57 Å². The van der Waals surface area contributed by atoms with E-state index in [0.29, 0.717) is 18.7 Å². The predicted octanol–water partition coefficient (Wildman–Crippen LogP) is 4.66. The number of phenolic OH excluding ortho intramolecular Hbond substituents is 1. The number of rotatable bonds is 9. The second-order valence-corrected chi connectivity index (χ2v) is 10.4. The van der Waals surface area contributed by atoms with Crippen molar-refractivity contribution in [1.82, 2.24) is 0 Å². The number of thioether (sulfide) groups is 1. The first-order valence-corrected chi connectivity index (χ1v) is 12.2. The average molecular weight is 402 g/mol. The molecule has 3 N–H and O–H groups in total. The third-order valence-electron chi connectivity index (χ3n) is 5.45. The highest BCUT2D eigenvalue weighted by Crippen LogP contribution is 2.54. The molecule has 1 aliphatic carbocycles. The Morgan fingerprint density at radius 2 is 1.85 bits per heavy atom. The van der Waals surface area contributed by atoms with Crippen LogP contribution in [0.1, 0.15) is 51.7 Å². The summed E-state index contributed by atoms with van der Waals surface area (Å²) in [6.45, 7) is 8.68. The van der Waals surface area contributed by atoms with Gasteiger partial charge in [-0.25, -0.2) is 0 Å². The first-order valence-electron chi connectivity index (χ1n) is 9.43. The summed E-state index contributed by atoms with van der Waals surface area (Å²) in [5, 5.41) is 10.1. The summed E-state index contributed by atoms with van der Waals surface area (Å²) in [6, 6.07) is 5.51. The molecule has 2 atom stereocenters. The van der Waals surface area contributed by atoms with E-state index < -0.39 is 7.60 Å². The number of fused-ring (bicyclic) bond motifs is 1. The van der Waals surface area contributed by atoms with Gasteiger partial charge in [-0.2, -0.15) is 0 Å². The highest BCUT2D eigenvalue weighted by Gasteiger charge is 2.45. The topological polar surface area (TPSA) is 81.8 Å². The third kappa shape index (κ3) is 4.31. The normalized spacial score (nSPS) is 22.2. The molecule has 7 heteroatoms. The molecule has 26 heavy (non-hydrogen) atoms. The summed E-state index contributed by atoms with van der Waals surface area (Å²) in [4.78, 5) is 0. The Morgan fingerprint density at radius 3 is 2.38 bits per heavy atom. The SMILES string of the molecule is CCOP(=O)(CSC1Cc2ccc(O)cc2C(CC)(CC)C1N)OCC. The summed E-state index contributed by atoms with van der Waals surface area (Å²) >= 11 is 1.59. The molecule has 0 saturated carbocycles. The highest BCUT2D eigenvalue weighted by atomic mass is 32.2. The maximum absolute atomic E-state index is 12.8. The van der Waals surface area contributed by atoms with E-state index in [-0.39, 0.29) is 22.5 Å². The van der Waals surface area contributed by atoms with Crippen molar-refractivity contribution in [3.05, 3.63) is 29.3 Å². The first-order chi connectivity index (χ1) is 12.4. The molecular formula is C19H32NO4PS. The van der Waals surface area contributed by atoms with Gasteiger partial charge in [0.15, 0.2) is 0 Å². The second kappa shape index (κ2) is 9.11. The van der Waals surface area contributed by atoms with Crippen LogP contribution in [0.4, 0.5) is 0 Å². The summed E-state index contributed by atoms with van der Waals surface area (Å²) in [5.41, 5.74) is 9.24. The van der Waals surface area contributed by atoms with Gasteiger partial charge in [0.2, 0.25) is 0 Å². The van der Waals surface area contributed by atoms with Crippen molar-refractivity contribution >= 4 is 19.4 Å².